The number of rotatable bonds is 8. The van der Waals surface area contributed by atoms with Crippen molar-refractivity contribution in [1.82, 2.24) is 10.6 Å². The Hall–Kier alpha value is -2.16. The molecular weight excluding hydrogens is 270 g/mol. The lowest BCUT2D eigenvalue weighted by atomic mass is 10.1. The van der Waals surface area contributed by atoms with Crippen LogP contribution in [0.4, 0.5) is 0 Å². The third-order valence-corrected chi connectivity index (χ3v) is 1.88. The van der Waals surface area contributed by atoms with Crippen LogP contribution in [-0.4, -0.2) is 53.1 Å². The summed E-state index contributed by atoms with van der Waals surface area (Å²) in [6.45, 7) is 3.10. The number of carbonyl (C=O) groups is 4. The smallest absolute Gasteiger partial charge is 0.322 e. The number of carboxylic acid groups (broad SMARTS) is 2. The van der Waals surface area contributed by atoms with Crippen LogP contribution in [0.5, 0.6) is 0 Å². The Morgan fingerprint density at radius 3 is 1.95 bits per heavy atom. The van der Waals surface area contributed by atoms with Crippen LogP contribution >= 0.6 is 0 Å². The van der Waals surface area contributed by atoms with Gasteiger partial charge in [-0.2, -0.15) is 0 Å². The maximum absolute atomic E-state index is 11.2. The van der Waals surface area contributed by atoms with E-state index < -0.39 is 36.3 Å². The van der Waals surface area contributed by atoms with Crippen molar-refractivity contribution in [3.8, 4) is 0 Å². The topological polar surface area (TPSA) is 159 Å². The number of aliphatic carboxylic acids is 2. The molecule has 0 aromatic rings. The van der Waals surface area contributed by atoms with Crippen molar-refractivity contribution >= 4 is 23.8 Å². The number of nitrogens with one attached hydrogen (secondary N) is 2. The van der Waals surface area contributed by atoms with Gasteiger partial charge in [-0.25, -0.2) is 0 Å². The molecule has 0 spiro atoms. The van der Waals surface area contributed by atoms with Crippen LogP contribution in [0, 0.1) is 0 Å². The highest BCUT2D eigenvalue weighted by atomic mass is 16.4. The quantitative estimate of drug-likeness (QED) is 0.364. The minimum Gasteiger partial charge on any atom is -0.480 e. The first kappa shape index (κ1) is 20.2. The van der Waals surface area contributed by atoms with Gasteiger partial charge in [0.1, 0.15) is 12.6 Å². The first-order valence-electron chi connectivity index (χ1n) is 6.06. The van der Waals surface area contributed by atoms with E-state index in [-0.39, 0.29) is 19.4 Å². The Labute approximate surface area is 116 Å². The Kier molecular flexibility index (Phi) is 12.0. The van der Waals surface area contributed by atoms with Gasteiger partial charge in [0.25, 0.3) is 0 Å². The van der Waals surface area contributed by atoms with Crippen LogP contribution in [0.1, 0.15) is 26.7 Å². The molecular formula is C11H21N3O6. The number of amides is 2. The summed E-state index contributed by atoms with van der Waals surface area (Å²) in [5, 5.41) is 21.0. The monoisotopic (exact) mass is 291 g/mol. The predicted molar refractivity (Wildman–Crippen MR) is 69.8 cm³/mol. The summed E-state index contributed by atoms with van der Waals surface area (Å²) in [5.74, 6) is -3.57. The summed E-state index contributed by atoms with van der Waals surface area (Å²) < 4.78 is 0. The number of carboxylic acids is 2. The van der Waals surface area contributed by atoms with Gasteiger partial charge in [-0.3, -0.25) is 19.2 Å². The number of nitrogens with two attached hydrogens (primary N) is 1. The maximum atomic E-state index is 11.2. The third kappa shape index (κ3) is 12.3. The van der Waals surface area contributed by atoms with Crippen molar-refractivity contribution in [2.24, 2.45) is 5.73 Å². The van der Waals surface area contributed by atoms with Crippen LogP contribution < -0.4 is 16.4 Å². The van der Waals surface area contributed by atoms with Gasteiger partial charge >= 0.3 is 11.9 Å². The third-order valence-electron chi connectivity index (χ3n) is 1.88. The van der Waals surface area contributed by atoms with E-state index in [0.29, 0.717) is 0 Å². The first-order valence-corrected chi connectivity index (χ1v) is 6.06. The van der Waals surface area contributed by atoms with Crippen LogP contribution in [0.25, 0.3) is 0 Å². The van der Waals surface area contributed by atoms with Gasteiger partial charge in [0.15, 0.2) is 0 Å². The van der Waals surface area contributed by atoms with E-state index >= 15 is 0 Å². The second kappa shape index (κ2) is 11.9. The van der Waals surface area contributed by atoms with E-state index in [9.17, 15) is 19.2 Å². The molecule has 0 aliphatic rings. The summed E-state index contributed by atoms with van der Waals surface area (Å²) in [6, 6.07) is -1.13. The van der Waals surface area contributed by atoms with E-state index in [2.05, 4.69) is 5.32 Å². The van der Waals surface area contributed by atoms with E-state index in [0.717, 1.165) is 0 Å². The number of hydrogen-bond donors (Lipinski definition) is 5. The van der Waals surface area contributed by atoms with Crippen LogP contribution in [0.2, 0.25) is 0 Å². The molecule has 0 saturated carbocycles. The molecule has 0 radical (unpaired) electrons. The first-order chi connectivity index (χ1) is 9.32. The Morgan fingerprint density at radius 1 is 1.00 bits per heavy atom. The van der Waals surface area contributed by atoms with Crippen molar-refractivity contribution in [1.29, 1.82) is 0 Å². The van der Waals surface area contributed by atoms with Crippen LogP contribution in [-0.2, 0) is 19.2 Å². The molecule has 116 valence electrons. The Balaban J connectivity index is 0. The lowest BCUT2D eigenvalue weighted by Gasteiger charge is -2.07. The zero-order valence-electron chi connectivity index (χ0n) is 11.5. The molecule has 0 saturated heterocycles. The van der Waals surface area contributed by atoms with Crippen LogP contribution in [0.15, 0.2) is 0 Å². The van der Waals surface area contributed by atoms with E-state index in [1.165, 1.54) is 0 Å². The second-order valence-corrected chi connectivity index (χ2v) is 3.43. The summed E-state index contributed by atoms with van der Waals surface area (Å²) >= 11 is 0. The highest BCUT2D eigenvalue weighted by Crippen LogP contribution is 1.94. The molecule has 0 aromatic carbocycles. The average molecular weight is 291 g/mol. The van der Waals surface area contributed by atoms with Gasteiger partial charge in [-0.15, -0.1) is 0 Å². The van der Waals surface area contributed by atoms with Gasteiger partial charge in [-0.05, 0) is 6.42 Å². The van der Waals surface area contributed by atoms with E-state index in [1.807, 2.05) is 19.2 Å². The molecule has 9 nitrogen and oxygen atoms in total. The molecule has 20 heavy (non-hydrogen) atoms. The maximum Gasteiger partial charge on any atom is 0.322 e. The van der Waals surface area contributed by atoms with E-state index in [1.54, 1.807) is 0 Å². The van der Waals surface area contributed by atoms with Gasteiger partial charge in [0, 0.05) is 6.42 Å². The summed E-state index contributed by atoms with van der Waals surface area (Å²) in [5.41, 5.74) is 5.18. The SMILES string of the molecule is CC.N[C@@H](CCC(=O)NCC(=O)NCC(=O)O)C(=O)O. The lowest BCUT2D eigenvalue weighted by molar-refractivity contribution is -0.139. The van der Waals surface area contributed by atoms with E-state index in [4.69, 9.17) is 15.9 Å². The van der Waals surface area contributed by atoms with Crippen molar-refractivity contribution < 1.29 is 29.4 Å². The van der Waals surface area contributed by atoms with Crippen molar-refractivity contribution in [3.63, 3.8) is 0 Å². The molecule has 6 N–H and O–H groups in total. The molecule has 9 heteroatoms. The van der Waals surface area contributed by atoms with Crippen molar-refractivity contribution in [3.05, 3.63) is 0 Å². The summed E-state index contributed by atoms with van der Waals surface area (Å²) in [6.07, 6.45) is -0.169. The van der Waals surface area contributed by atoms with Crippen LogP contribution in [0.3, 0.4) is 0 Å². The zero-order valence-corrected chi connectivity index (χ0v) is 11.5. The fraction of sp³-hybridized carbons (Fsp3) is 0.636. The molecule has 0 rings (SSSR count). The highest BCUT2D eigenvalue weighted by Gasteiger charge is 2.13. The molecule has 0 bridgehead atoms. The molecule has 0 unspecified atom stereocenters. The number of carbonyl (C=O) groups excluding carboxylic acids is 2. The fourth-order valence-electron chi connectivity index (χ4n) is 0.914. The van der Waals surface area contributed by atoms with Gasteiger partial charge < -0.3 is 26.6 Å². The summed E-state index contributed by atoms with van der Waals surface area (Å²) in [4.78, 5) is 42.6. The molecule has 0 aliphatic heterocycles. The second-order valence-electron chi connectivity index (χ2n) is 3.43. The summed E-state index contributed by atoms with van der Waals surface area (Å²) in [7, 11) is 0. The average Bonchev–Trinajstić information content (AvgIpc) is 2.42. The molecule has 0 heterocycles. The highest BCUT2D eigenvalue weighted by molar-refractivity contribution is 5.86. The molecule has 1 atom stereocenters. The largest absolute Gasteiger partial charge is 0.480 e. The van der Waals surface area contributed by atoms with Gasteiger partial charge in [-0.1, -0.05) is 13.8 Å². The fourth-order valence-corrected chi connectivity index (χ4v) is 0.914. The van der Waals surface area contributed by atoms with Crippen molar-refractivity contribution in [2.75, 3.05) is 13.1 Å². The minimum atomic E-state index is -1.21. The number of hydrogen-bond acceptors (Lipinski definition) is 5. The van der Waals surface area contributed by atoms with Gasteiger partial charge in [0.05, 0.1) is 6.54 Å². The van der Waals surface area contributed by atoms with Crippen molar-refractivity contribution in [2.45, 2.75) is 32.7 Å². The zero-order chi connectivity index (χ0) is 16.1. The molecule has 0 aliphatic carbocycles. The Morgan fingerprint density at radius 2 is 1.50 bits per heavy atom. The Bertz CT molecular complexity index is 345. The molecule has 0 aromatic heterocycles. The molecule has 0 fully saturated rings. The lowest BCUT2D eigenvalue weighted by Crippen LogP contribution is -2.39. The minimum absolute atomic E-state index is 0.0437. The normalized spacial score (nSPS) is 10.6. The molecule has 2 amide bonds. The standard InChI is InChI=1S/C9H15N3O6.C2H6/c10-5(9(17)18)1-2-6(13)11-3-7(14)12-4-8(15)16;1-2/h5H,1-4,10H2,(H,11,13)(H,12,14)(H,15,16)(H,17,18);1-2H3/t5-;/m0./s1. The van der Waals surface area contributed by atoms with Gasteiger partial charge in [0.2, 0.25) is 11.8 Å². The predicted octanol–water partition coefficient (Wildman–Crippen LogP) is -1.48.